The number of methoxy groups -OCH3 is 1. The number of amides is 1. The highest BCUT2D eigenvalue weighted by Gasteiger charge is 2.05. The summed E-state index contributed by atoms with van der Waals surface area (Å²) in [5.74, 6) is -0.316. The Kier molecular flexibility index (Phi) is 9.12. The zero-order valence-corrected chi connectivity index (χ0v) is 12.0. The van der Waals surface area contributed by atoms with E-state index in [2.05, 4.69) is 10.6 Å². The minimum atomic E-state index is -0.290. The van der Waals surface area contributed by atoms with Crippen LogP contribution < -0.4 is 10.6 Å². The maximum absolute atomic E-state index is 13.3. The Labute approximate surface area is 119 Å². The monoisotopic (exact) mass is 290 g/mol. The van der Waals surface area contributed by atoms with E-state index in [1.165, 1.54) is 13.2 Å². The van der Waals surface area contributed by atoms with Crippen molar-refractivity contribution in [3.8, 4) is 0 Å². The van der Waals surface area contributed by atoms with E-state index in [9.17, 15) is 9.18 Å². The Morgan fingerprint density at radius 3 is 2.79 bits per heavy atom. The molecule has 1 amide bonds. The highest BCUT2D eigenvalue weighted by Crippen LogP contribution is 2.11. The highest BCUT2D eigenvalue weighted by molar-refractivity contribution is 5.85. The molecule has 0 aliphatic heterocycles. The van der Waals surface area contributed by atoms with Crippen molar-refractivity contribution in [3.05, 3.63) is 35.1 Å². The van der Waals surface area contributed by atoms with Crippen LogP contribution in [0, 0.1) is 5.82 Å². The van der Waals surface area contributed by atoms with Crippen molar-refractivity contribution in [3.63, 3.8) is 0 Å². The van der Waals surface area contributed by atoms with E-state index in [4.69, 9.17) is 4.74 Å². The van der Waals surface area contributed by atoms with Gasteiger partial charge >= 0.3 is 0 Å². The average molecular weight is 291 g/mol. The Morgan fingerprint density at radius 1 is 1.42 bits per heavy atom. The smallest absolute Gasteiger partial charge is 0.221 e. The van der Waals surface area contributed by atoms with Gasteiger partial charge < -0.3 is 15.4 Å². The quantitative estimate of drug-likeness (QED) is 0.802. The molecular formula is C13H20ClFN2O2. The number of hydrogen-bond donors (Lipinski definition) is 2. The van der Waals surface area contributed by atoms with Crippen LogP contribution in [0.4, 0.5) is 4.39 Å². The van der Waals surface area contributed by atoms with Gasteiger partial charge in [0.25, 0.3) is 0 Å². The molecule has 0 bridgehead atoms. The van der Waals surface area contributed by atoms with Crippen LogP contribution in [0.15, 0.2) is 18.2 Å². The second-order valence-corrected chi connectivity index (χ2v) is 3.99. The predicted octanol–water partition coefficient (Wildman–Crippen LogP) is 1.62. The molecule has 0 radical (unpaired) electrons. The van der Waals surface area contributed by atoms with E-state index in [1.807, 2.05) is 0 Å². The van der Waals surface area contributed by atoms with Crippen LogP contribution in [0.2, 0.25) is 0 Å². The number of rotatable bonds is 7. The summed E-state index contributed by atoms with van der Waals surface area (Å²) >= 11 is 0. The summed E-state index contributed by atoms with van der Waals surface area (Å²) in [7, 11) is 3.32. The molecule has 6 heteroatoms. The third kappa shape index (κ3) is 6.52. The Morgan fingerprint density at radius 2 is 2.16 bits per heavy atom. The third-order valence-corrected chi connectivity index (χ3v) is 2.50. The fraction of sp³-hybridized carbons (Fsp3) is 0.462. The van der Waals surface area contributed by atoms with Crippen LogP contribution in [-0.2, 0) is 22.7 Å². The first-order valence-corrected chi connectivity index (χ1v) is 5.85. The third-order valence-electron chi connectivity index (χ3n) is 2.50. The molecule has 19 heavy (non-hydrogen) atoms. The van der Waals surface area contributed by atoms with Crippen molar-refractivity contribution in [2.75, 3.05) is 20.7 Å². The minimum absolute atomic E-state index is 0. The van der Waals surface area contributed by atoms with Crippen molar-refractivity contribution < 1.29 is 13.9 Å². The number of carbonyl (C=O) groups is 1. The maximum Gasteiger partial charge on any atom is 0.221 e. The van der Waals surface area contributed by atoms with Gasteiger partial charge in [0, 0.05) is 32.2 Å². The molecule has 0 heterocycles. The predicted molar refractivity (Wildman–Crippen MR) is 74.8 cm³/mol. The Bertz CT molecular complexity index is 402. The lowest BCUT2D eigenvalue weighted by atomic mass is 10.1. The second-order valence-electron chi connectivity index (χ2n) is 3.99. The molecule has 1 aromatic rings. The van der Waals surface area contributed by atoms with Gasteiger partial charge in [-0.15, -0.1) is 12.4 Å². The van der Waals surface area contributed by atoms with Gasteiger partial charge in [-0.1, -0.05) is 6.07 Å². The van der Waals surface area contributed by atoms with Gasteiger partial charge in [-0.25, -0.2) is 4.39 Å². The number of hydrogen-bond acceptors (Lipinski definition) is 3. The lowest BCUT2D eigenvalue weighted by Gasteiger charge is -2.08. The molecule has 0 aliphatic rings. The molecule has 0 saturated heterocycles. The number of halogens is 2. The van der Waals surface area contributed by atoms with E-state index in [0.29, 0.717) is 25.1 Å². The second kappa shape index (κ2) is 9.72. The van der Waals surface area contributed by atoms with Crippen LogP contribution in [-0.4, -0.2) is 26.6 Å². The fourth-order valence-corrected chi connectivity index (χ4v) is 1.53. The van der Waals surface area contributed by atoms with E-state index in [0.717, 1.165) is 5.56 Å². The molecule has 0 atom stereocenters. The lowest BCUT2D eigenvalue weighted by Crippen LogP contribution is -2.26. The van der Waals surface area contributed by atoms with Gasteiger partial charge in [0.1, 0.15) is 5.82 Å². The minimum Gasteiger partial charge on any atom is -0.380 e. The summed E-state index contributed by atoms with van der Waals surface area (Å²) in [5.41, 5.74) is 1.36. The number of benzene rings is 1. The SMILES string of the molecule is CNCCC(=O)NCc1ccc(F)c(COC)c1.Cl. The molecule has 0 saturated carbocycles. The molecule has 108 valence electrons. The van der Waals surface area contributed by atoms with Gasteiger partial charge in [0.15, 0.2) is 0 Å². The van der Waals surface area contributed by atoms with Crippen LogP contribution in [0.1, 0.15) is 17.5 Å². The maximum atomic E-state index is 13.3. The van der Waals surface area contributed by atoms with Gasteiger partial charge in [0.05, 0.1) is 6.61 Å². The van der Waals surface area contributed by atoms with Gasteiger partial charge in [-0.2, -0.15) is 0 Å². The number of ether oxygens (including phenoxy) is 1. The molecule has 2 N–H and O–H groups in total. The van der Waals surface area contributed by atoms with Crippen molar-refractivity contribution in [1.29, 1.82) is 0 Å². The first-order chi connectivity index (χ1) is 8.67. The molecule has 1 aromatic carbocycles. The van der Waals surface area contributed by atoms with Crippen LogP contribution >= 0.6 is 12.4 Å². The van der Waals surface area contributed by atoms with Crippen molar-refractivity contribution in [2.24, 2.45) is 0 Å². The van der Waals surface area contributed by atoms with E-state index >= 15 is 0 Å². The van der Waals surface area contributed by atoms with Crippen molar-refractivity contribution in [1.82, 2.24) is 10.6 Å². The van der Waals surface area contributed by atoms with E-state index < -0.39 is 0 Å². The fourth-order valence-electron chi connectivity index (χ4n) is 1.53. The van der Waals surface area contributed by atoms with Gasteiger partial charge in [0.2, 0.25) is 5.91 Å². The summed E-state index contributed by atoms with van der Waals surface area (Å²) in [6, 6.07) is 4.76. The molecule has 1 rings (SSSR count). The van der Waals surface area contributed by atoms with Gasteiger partial charge in [-0.3, -0.25) is 4.79 Å². The summed E-state index contributed by atoms with van der Waals surface area (Å²) in [6.07, 6.45) is 0.433. The normalized spacial score (nSPS) is 9.84. The van der Waals surface area contributed by atoms with Gasteiger partial charge in [-0.05, 0) is 24.7 Å². The van der Waals surface area contributed by atoms with E-state index in [1.54, 1.807) is 19.2 Å². The Balaban J connectivity index is 0.00000324. The Hall–Kier alpha value is -1.17. The zero-order chi connectivity index (χ0) is 13.4. The number of carbonyl (C=O) groups excluding carboxylic acids is 1. The first-order valence-electron chi connectivity index (χ1n) is 5.85. The van der Waals surface area contributed by atoms with Crippen molar-refractivity contribution in [2.45, 2.75) is 19.6 Å². The molecule has 4 nitrogen and oxygen atoms in total. The molecule has 0 fully saturated rings. The molecule has 0 spiro atoms. The molecule has 0 aromatic heterocycles. The van der Waals surface area contributed by atoms with Crippen LogP contribution in [0.3, 0.4) is 0 Å². The largest absolute Gasteiger partial charge is 0.380 e. The topological polar surface area (TPSA) is 50.4 Å². The molecule has 0 unspecified atom stereocenters. The summed E-state index contributed by atoms with van der Waals surface area (Å²) in [4.78, 5) is 11.4. The highest BCUT2D eigenvalue weighted by atomic mass is 35.5. The van der Waals surface area contributed by atoms with E-state index in [-0.39, 0.29) is 30.7 Å². The van der Waals surface area contributed by atoms with Crippen LogP contribution in [0.25, 0.3) is 0 Å². The molecular weight excluding hydrogens is 271 g/mol. The summed E-state index contributed by atoms with van der Waals surface area (Å²) in [6.45, 7) is 1.27. The summed E-state index contributed by atoms with van der Waals surface area (Å²) < 4.78 is 18.3. The van der Waals surface area contributed by atoms with Crippen molar-refractivity contribution >= 4 is 18.3 Å². The summed E-state index contributed by atoms with van der Waals surface area (Å²) in [5, 5.41) is 5.68. The molecule has 0 aliphatic carbocycles. The lowest BCUT2D eigenvalue weighted by molar-refractivity contribution is -0.121. The number of nitrogens with one attached hydrogen (secondary N) is 2. The zero-order valence-electron chi connectivity index (χ0n) is 11.2. The standard InChI is InChI=1S/C13H19FN2O2.ClH/c1-15-6-5-13(17)16-8-10-3-4-12(14)11(7-10)9-18-2;/h3-4,7,15H,5-6,8-9H2,1-2H3,(H,16,17);1H. The van der Waals surface area contributed by atoms with Crippen LogP contribution in [0.5, 0.6) is 0 Å². The first kappa shape index (κ1) is 17.8. The average Bonchev–Trinajstić information content (AvgIpc) is 2.37.